The summed E-state index contributed by atoms with van der Waals surface area (Å²) in [6.07, 6.45) is 2.37. The molecule has 2 atom stereocenters. The summed E-state index contributed by atoms with van der Waals surface area (Å²) in [5.74, 6) is 0.114. The van der Waals surface area contributed by atoms with Gasteiger partial charge >= 0.3 is 0 Å². The molecule has 3 aliphatic rings. The zero-order valence-corrected chi connectivity index (χ0v) is 10.6. The lowest BCUT2D eigenvalue weighted by molar-refractivity contribution is -0.126. The molecule has 17 heavy (non-hydrogen) atoms. The van der Waals surface area contributed by atoms with Gasteiger partial charge in [-0.3, -0.25) is 4.79 Å². The molecule has 1 N–H and O–H groups in total. The second kappa shape index (κ2) is 5.05. The lowest BCUT2D eigenvalue weighted by Gasteiger charge is -2.45. The molecule has 0 aromatic heterocycles. The first-order valence-electron chi connectivity index (χ1n) is 6.54. The normalized spacial score (nSPS) is 33.2. The fourth-order valence-electron chi connectivity index (χ4n) is 2.91. The fraction of sp³-hybridized carbons (Fsp3) is 0.846. The van der Waals surface area contributed by atoms with Gasteiger partial charge in [0.05, 0.1) is 6.07 Å². The number of carbonyl (C=O) groups excluding carboxylic acids is 1. The molecule has 3 rings (SSSR count). The zero-order valence-electron chi connectivity index (χ0n) is 10.6. The molecule has 0 aromatic carbocycles. The van der Waals surface area contributed by atoms with E-state index >= 15 is 0 Å². The summed E-state index contributed by atoms with van der Waals surface area (Å²) >= 11 is 0. The molecule has 2 bridgehead atoms. The van der Waals surface area contributed by atoms with Crippen LogP contribution in [0.3, 0.4) is 0 Å². The predicted molar refractivity (Wildman–Crippen MR) is 65.0 cm³/mol. The number of amides is 1. The van der Waals surface area contributed by atoms with E-state index in [1.54, 1.807) is 0 Å². The van der Waals surface area contributed by atoms with Gasteiger partial charge in [-0.1, -0.05) is 13.8 Å². The first-order valence-corrected chi connectivity index (χ1v) is 6.54. The number of nitrogens with one attached hydrogen (secondary N) is 1. The van der Waals surface area contributed by atoms with Crippen LogP contribution in [-0.2, 0) is 4.79 Å². The van der Waals surface area contributed by atoms with Crippen LogP contribution in [0.1, 0.15) is 26.7 Å². The Morgan fingerprint density at radius 3 is 2.47 bits per heavy atom. The summed E-state index contributed by atoms with van der Waals surface area (Å²) in [6.45, 7) is 7.15. The van der Waals surface area contributed by atoms with Crippen molar-refractivity contribution >= 4 is 5.91 Å². The topological polar surface area (TPSA) is 56.1 Å². The maximum absolute atomic E-state index is 12.0. The van der Waals surface area contributed by atoms with Crippen molar-refractivity contribution in [2.75, 3.05) is 19.6 Å². The highest BCUT2D eigenvalue weighted by molar-refractivity contribution is 5.81. The SMILES string of the molecule is CC(C)C(C#N)C(=O)NC1CN2CCC1CC2. The van der Waals surface area contributed by atoms with Crippen LogP contribution in [0, 0.1) is 29.1 Å². The third-order valence-corrected chi connectivity index (χ3v) is 4.07. The standard InChI is InChI=1S/C13H21N3O/c1-9(2)11(7-14)13(17)15-12-8-16-5-3-10(12)4-6-16/h9-12H,3-6,8H2,1-2H3,(H,15,17). The largest absolute Gasteiger partial charge is 0.351 e. The minimum Gasteiger partial charge on any atom is -0.351 e. The van der Waals surface area contributed by atoms with E-state index in [0.717, 1.165) is 6.54 Å². The van der Waals surface area contributed by atoms with Crippen molar-refractivity contribution in [1.29, 1.82) is 5.26 Å². The van der Waals surface area contributed by atoms with Crippen LogP contribution in [0.5, 0.6) is 0 Å². The number of hydrogen-bond donors (Lipinski definition) is 1. The Balaban J connectivity index is 1.93. The quantitative estimate of drug-likeness (QED) is 0.793. The van der Waals surface area contributed by atoms with Crippen molar-refractivity contribution in [3.63, 3.8) is 0 Å². The van der Waals surface area contributed by atoms with E-state index < -0.39 is 5.92 Å². The van der Waals surface area contributed by atoms with Gasteiger partial charge in [0.25, 0.3) is 0 Å². The number of nitrogens with zero attached hydrogens (tertiary/aromatic N) is 2. The van der Waals surface area contributed by atoms with Crippen molar-refractivity contribution in [3.8, 4) is 6.07 Å². The average Bonchev–Trinajstić information content (AvgIpc) is 2.30. The number of nitriles is 1. The van der Waals surface area contributed by atoms with Crippen LogP contribution in [0.25, 0.3) is 0 Å². The van der Waals surface area contributed by atoms with Crippen LogP contribution >= 0.6 is 0 Å². The lowest BCUT2D eigenvalue weighted by Crippen LogP contribution is -2.58. The third kappa shape index (κ3) is 2.61. The van der Waals surface area contributed by atoms with Crippen molar-refractivity contribution in [2.45, 2.75) is 32.7 Å². The van der Waals surface area contributed by atoms with Crippen molar-refractivity contribution in [3.05, 3.63) is 0 Å². The Labute approximate surface area is 103 Å². The van der Waals surface area contributed by atoms with Gasteiger partial charge in [0.1, 0.15) is 5.92 Å². The van der Waals surface area contributed by atoms with E-state index in [1.165, 1.54) is 25.9 Å². The number of hydrogen-bond acceptors (Lipinski definition) is 3. The number of rotatable bonds is 3. The Morgan fingerprint density at radius 1 is 1.41 bits per heavy atom. The van der Waals surface area contributed by atoms with Crippen LogP contribution in [-0.4, -0.2) is 36.5 Å². The zero-order chi connectivity index (χ0) is 12.4. The third-order valence-electron chi connectivity index (χ3n) is 4.07. The van der Waals surface area contributed by atoms with E-state index in [9.17, 15) is 4.79 Å². The number of fused-ring (bicyclic) bond motifs is 3. The van der Waals surface area contributed by atoms with Gasteiger partial charge in [-0.2, -0.15) is 5.26 Å². The molecule has 0 spiro atoms. The van der Waals surface area contributed by atoms with E-state index in [4.69, 9.17) is 5.26 Å². The molecule has 0 saturated carbocycles. The average molecular weight is 235 g/mol. The molecule has 3 aliphatic heterocycles. The molecule has 3 heterocycles. The second-order valence-electron chi connectivity index (χ2n) is 5.60. The summed E-state index contributed by atoms with van der Waals surface area (Å²) in [6, 6.07) is 2.37. The van der Waals surface area contributed by atoms with Gasteiger partial charge < -0.3 is 10.2 Å². The van der Waals surface area contributed by atoms with Gasteiger partial charge in [0, 0.05) is 12.6 Å². The molecule has 0 aromatic rings. The Kier molecular flexibility index (Phi) is 3.68. The Bertz CT molecular complexity index is 326. The summed E-state index contributed by atoms with van der Waals surface area (Å²) < 4.78 is 0. The Morgan fingerprint density at radius 2 is 2.06 bits per heavy atom. The predicted octanol–water partition coefficient (Wildman–Crippen LogP) is 0.993. The van der Waals surface area contributed by atoms with Crippen LogP contribution < -0.4 is 5.32 Å². The summed E-state index contributed by atoms with van der Waals surface area (Å²) in [4.78, 5) is 14.4. The van der Waals surface area contributed by atoms with Gasteiger partial charge in [-0.05, 0) is 37.8 Å². The molecule has 1 amide bonds. The molecule has 4 heteroatoms. The van der Waals surface area contributed by atoms with Crippen molar-refractivity contribution in [2.24, 2.45) is 17.8 Å². The molecule has 3 saturated heterocycles. The summed E-state index contributed by atoms with van der Waals surface area (Å²) in [5, 5.41) is 12.1. The van der Waals surface area contributed by atoms with Crippen molar-refractivity contribution < 1.29 is 4.79 Å². The first-order chi connectivity index (χ1) is 8.11. The minimum atomic E-state index is -0.509. The van der Waals surface area contributed by atoms with Crippen LogP contribution in [0.2, 0.25) is 0 Å². The first kappa shape index (κ1) is 12.4. The summed E-state index contributed by atoms with van der Waals surface area (Å²) in [7, 11) is 0. The molecule has 0 radical (unpaired) electrons. The molecule has 0 aliphatic carbocycles. The monoisotopic (exact) mass is 235 g/mol. The fourth-order valence-corrected chi connectivity index (χ4v) is 2.91. The van der Waals surface area contributed by atoms with Crippen molar-refractivity contribution in [1.82, 2.24) is 10.2 Å². The summed E-state index contributed by atoms with van der Waals surface area (Å²) in [5.41, 5.74) is 0. The highest BCUT2D eigenvalue weighted by Crippen LogP contribution is 2.27. The van der Waals surface area contributed by atoms with E-state index in [1.807, 2.05) is 13.8 Å². The number of carbonyl (C=O) groups is 1. The van der Waals surface area contributed by atoms with Crippen LogP contribution in [0.4, 0.5) is 0 Å². The maximum atomic E-state index is 12.0. The minimum absolute atomic E-state index is 0.0822. The molecular formula is C13H21N3O. The second-order valence-corrected chi connectivity index (χ2v) is 5.60. The lowest BCUT2D eigenvalue weighted by atomic mass is 9.83. The van der Waals surface area contributed by atoms with Gasteiger partial charge in [0.2, 0.25) is 5.91 Å². The van der Waals surface area contributed by atoms with Gasteiger partial charge in [-0.25, -0.2) is 0 Å². The smallest absolute Gasteiger partial charge is 0.237 e. The maximum Gasteiger partial charge on any atom is 0.237 e. The van der Waals surface area contributed by atoms with E-state index in [0.29, 0.717) is 5.92 Å². The molecule has 3 fully saturated rings. The number of piperidine rings is 3. The van der Waals surface area contributed by atoms with E-state index in [2.05, 4.69) is 16.3 Å². The highest BCUT2D eigenvalue weighted by Gasteiger charge is 2.36. The van der Waals surface area contributed by atoms with E-state index in [-0.39, 0.29) is 17.9 Å². The molecule has 4 nitrogen and oxygen atoms in total. The molecular weight excluding hydrogens is 214 g/mol. The molecule has 94 valence electrons. The van der Waals surface area contributed by atoms with Crippen LogP contribution in [0.15, 0.2) is 0 Å². The van der Waals surface area contributed by atoms with Gasteiger partial charge in [0.15, 0.2) is 0 Å². The molecule has 2 unspecified atom stereocenters. The highest BCUT2D eigenvalue weighted by atomic mass is 16.2. The van der Waals surface area contributed by atoms with Gasteiger partial charge in [-0.15, -0.1) is 0 Å². The Hall–Kier alpha value is -1.08.